The SMILES string of the molecule is CC1=Cc2c(c3c(c4c2CC(C)(C)C4)CCCC3)C1. The average Bonchev–Trinajstić information content (AvgIpc) is 2.89. The summed E-state index contributed by atoms with van der Waals surface area (Å²) in [6.07, 6.45) is 11.8. The lowest BCUT2D eigenvalue weighted by atomic mass is 9.81. The van der Waals surface area contributed by atoms with Gasteiger partial charge in [0.15, 0.2) is 0 Å². The molecule has 0 nitrogen and oxygen atoms in total. The third-order valence-corrected chi connectivity index (χ3v) is 5.37. The molecule has 0 heterocycles. The fourth-order valence-corrected chi connectivity index (χ4v) is 4.65. The van der Waals surface area contributed by atoms with Gasteiger partial charge in [0.25, 0.3) is 0 Å². The minimum atomic E-state index is 0.479. The van der Waals surface area contributed by atoms with E-state index in [4.69, 9.17) is 0 Å². The maximum Gasteiger partial charge on any atom is -0.00577 e. The van der Waals surface area contributed by atoms with E-state index < -0.39 is 0 Å². The largest absolute Gasteiger partial charge is 0.0683 e. The van der Waals surface area contributed by atoms with Gasteiger partial charge in [0.05, 0.1) is 0 Å². The molecule has 19 heavy (non-hydrogen) atoms. The molecule has 0 bridgehead atoms. The third-order valence-electron chi connectivity index (χ3n) is 5.37. The molecule has 0 radical (unpaired) electrons. The highest BCUT2D eigenvalue weighted by Crippen LogP contribution is 2.47. The minimum absolute atomic E-state index is 0.479. The standard InChI is InChI=1S/C19H24/c1-12-8-15-13-6-4-5-7-14(13)17-10-19(2,3)11-18(17)16(15)9-12/h9H,4-8,10-11H2,1-3H3. The zero-order valence-corrected chi connectivity index (χ0v) is 12.5. The Balaban J connectivity index is 2.00. The fraction of sp³-hybridized carbons (Fsp3) is 0.579. The minimum Gasteiger partial charge on any atom is -0.0683 e. The molecule has 0 fully saturated rings. The molecule has 0 aliphatic heterocycles. The fourth-order valence-electron chi connectivity index (χ4n) is 4.65. The predicted molar refractivity (Wildman–Crippen MR) is 81.6 cm³/mol. The molecular formula is C19H24. The van der Waals surface area contributed by atoms with Gasteiger partial charge in [-0.2, -0.15) is 0 Å². The van der Waals surface area contributed by atoms with Crippen molar-refractivity contribution in [3.8, 4) is 0 Å². The number of fused-ring (bicyclic) bond motifs is 6. The van der Waals surface area contributed by atoms with Crippen molar-refractivity contribution in [3.05, 3.63) is 39.0 Å². The molecule has 1 aromatic carbocycles. The van der Waals surface area contributed by atoms with Crippen LogP contribution in [0.15, 0.2) is 5.57 Å². The summed E-state index contributed by atoms with van der Waals surface area (Å²) in [5.41, 5.74) is 12.4. The molecule has 100 valence electrons. The molecule has 0 spiro atoms. The summed E-state index contributed by atoms with van der Waals surface area (Å²) in [6.45, 7) is 7.20. The monoisotopic (exact) mass is 252 g/mol. The van der Waals surface area contributed by atoms with Gasteiger partial charge in [-0.05, 0) is 90.7 Å². The molecule has 0 saturated carbocycles. The zero-order chi connectivity index (χ0) is 13.2. The van der Waals surface area contributed by atoms with E-state index in [0.29, 0.717) is 5.41 Å². The number of benzene rings is 1. The smallest absolute Gasteiger partial charge is 0.00577 e. The number of allylic oxidation sites excluding steroid dienone is 1. The van der Waals surface area contributed by atoms with Crippen molar-refractivity contribution in [2.75, 3.05) is 0 Å². The zero-order valence-electron chi connectivity index (χ0n) is 12.5. The predicted octanol–water partition coefficient (Wildman–Crippen LogP) is 4.65. The van der Waals surface area contributed by atoms with Crippen molar-refractivity contribution in [1.29, 1.82) is 0 Å². The molecule has 0 aromatic heterocycles. The van der Waals surface area contributed by atoms with Gasteiger partial charge in [-0.1, -0.05) is 25.5 Å². The van der Waals surface area contributed by atoms with E-state index in [-0.39, 0.29) is 0 Å². The van der Waals surface area contributed by atoms with E-state index >= 15 is 0 Å². The Hall–Kier alpha value is -1.04. The summed E-state index contributed by atoms with van der Waals surface area (Å²) < 4.78 is 0. The van der Waals surface area contributed by atoms with Crippen molar-refractivity contribution in [3.63, 3.8) is 0 Å². The molecule has 0 atom stereocenters. The molecule has 3 aliphatic carbocycles. The van der Waals surface area contributed by atoms with Crippen LogP contribution in [0.1, 0.15) is 67.0 Å². The molecular weight excluding hydrogens is 228 g/mol. The van der Waals surface area contributed by atoms with Crippen LogP contribution >= 0.6 is 0 Å². The maximum absolute atomic E-state index is 2.49. The Kier molecular flexibility index (Phi) is 2.32. The van der Waals surface area contributed by atoms with Crippen molar-refractivity contribution < 1.29 is 0 Å². The van der Waals surface area contributed by atoms with Crippen LogP contribution in [0.2, 0.25) is 0 Å². The van der Waals surface area contributed by atoms with Crippen LogP contribution in [0, 0.1) is 5.41 Å². The second kappa shape index (κ2) is 3.75. The van der Waals surface area contributed by atoms with Crippen LogP contribution in [0.25, 0.3) is 6.08 Å². The first kappa shape index (κ1) is 11.8. The summed E-state index contributed by atoms with van der Waals surface area (Å²) in [6, 6.07) is 0. The van der Waals surface area contributed by atoms with Gasteiger partial charge in [-0.25, -0.2) is 0 Å². The van der Waals surface area contributed by atoms with Crippen LogP contribution in [-0.4, -0.2) is 0 Å². The molecule has 0 N–H and O–H groups in total. The van der Waals surface area contributed by atoms with E-state index in [2.05, 4.69) is 26.8 Å². The molecule has 1 aromatic rings. The molecule has 0 amide bonds. The van der Waals surface area contributed by atoms with Crippen LogP contribution in [0.3, 0.4) is 0 Å². The Labute approximate surface area is 116 Å². The first-order valence-electron chi connectivity index (χ1n) is 7.91. The quantitative estimate of drug-likeness (QED) is 0.630. The Morgan fingerprint density at radius 1 is 0.842 bits per heavy atom. The van der Waals surface area contributed by atoms with E-state index in [9.17, 15) is 0 Å². The number of hydrogen-bond donors (Lipinski definition) is 0. The second-order valence-electron chi connectivity index (χ2n) is 7.70. The Bertz CT molecular complexity index is 599. The third kappa shape index (κ3) is 1.65. The van der Waals surface area contributed by atoms with Gasteiger partial charge in [0, 0.05) is 0 Å². The van der Waals surface area contributed by atoms with Gasteiger partial charge in [-0.15, -0.1) is 0 Å². The van der Waals surface area contributed by atoms with Crippen LogP contribution in [0.5, 0.6) is 0 Å². The van der Waals surface area contributed by atoms with Crippen molar-refractivity contribution in [1.82, 2.24) is 0 Å². The summed E-state index contributed by atoms with van der Waals surface area (Å²) in [5.74, 6) is 0. The summed E-state index contributed by atoms with van der Waals surface area (Å²) in [5, 5.41) is 0. The molecule has 4 rings (SSSR count). The van der Waals surface area contributed by atoms with Gasteiger partial charge in [-0.3, -0.25) is 0 Å². The molecule has 0 unspecified atom stereocenters. The Morgan fingerprint density at radius 3 is 2.21 bits per heavy atom. The topological polar surface area (TPSA) is 0 Å². The summed E-state index contributed by atoms with van der Waals surface area (Å²) >= 11 is 0. The highest BCUT2D eigenvalue weighted by Gasteiger charge is 2.35. The van der Waals surface area contributed by atoms with Crippen LogP contribution < -0.4 is 0 Å². The molecule has 0 heteroatoms. The highest BCUT2D eigenvalue weighted by atomic mass is 14.4. The van der Waals surface area contributed by atoms with Crippen molar-refractivity contribution in [2.45, 2.75) is 65.7 Å². The van der Waals surface area contributed by atoms with Crippen LogP contribution in [-0.2, 0) is 32.1 Å². The lowest BCUT2D eigenvalue weighted by molar-refractivity contribution is 0.391. The first-order valence-corrected chi connectivity index (χ1v) is 7.91. The van der Waals surface area contributed by atoms with E-state index in [1.165, 1.54) is 44.9 Å². The van der Waals surface area contributed by atoms with Gasteiger partial charge in [0.1, 0.15) is 0 Å². The highest BCUT2D eigenvalue weighted by molar-refractivity contribution is 5.72. The van der Waals surface area contributed by atoms with E-state index in [0.717, 1.165) is 0 Å². The Morgan fingerprint density at radius 2 is 1.47 bits per heavy atom. The first-order chi connectivity index (χ1) is 9.05. The van der Waals surface area contributed by atoms with E-state index in [1.54, 1.807) is 39.0 Å². The van der Waals surface area contributed by atoms with Gasteiger partial charge in [0.2, 0.25) is 0 Å². The second-order valence-corrected chi connectivity index (χ2v) is 7.70. The van der Waals surface area contributed by atoms with Crippen molar-refractivity contribution >= 4 is 6.08 Å². The van der Waals surface area contributed by atoms with Gasteiger partial charge < -0.3 is 0 Å². The number of rotatable bonds is 0. The average molecular weight is 252 g/mol. The van der Waals surface area contributed by atoms with Crippen LogP contribution in [0.4, 0.5) is 0 Å². The lowest BCUT2D eigenvalue weighted by Gasteiger charge is -2.24. The summed E-state index contributed by atoms with van der Waals surface area (Å²) in [7, 11) is 0. The lowest BCUT2D eigenvalue weighted by Crippen LogP contribution is -2.12. The number of hydrogen-bond acceptors (Lipinski definition) is 0. The van der Waals surface area contributed by atoms with Crippen molar-refractivity contribution in [2.24, 2.45) is 5.41 Å². The summed E-state index contributed by atoms with van der Waals surface area (Å²) in [4.78, 5) is 0. The van der Waals surface area contributed by atoms with Gasteiger partial charge >= 0.3 is 0 Å². The van der Waals surface area contributed by atoms with E-state index in [1.807, 2.05) is 0 Å². The molecule has 3 aliphatic rings. The molecule has 0 saturated heterocycles. The maximum atomic E-state index is 2.49. The normalized spacial score (nSPS) is 22.8.